The number of nitrogens with zero attached hydrogens (tertiary/aromatic N) is 1. The lowest BCUT2D eigenvalue weighted by atomic mass is 10.1. The summed E-state index contributed by atoms with van der Waals surface area (Å²) in [6.45, 7) is 0.935. The topological polar surface area (TPSA) is 44.2 Å². The Labute approximate surface area is 114 Å². The minimum atomic E-state index is -2.45. The van der Waals surface area contributed by atoms with Crippen LogP contribution in [0.2, 0.25) is 0 Å². The first-order valence-electron chi connectivity index (χ1n) is 5.96. The number of carbonyl (C=O) groups is 1. The smallest absolute Gasteiger partial charge is 0.288 e. The van der Waals surface area contributed by atoms with E-state index < -0.39 is 5.76 Å². The van der Waals surface area contributed by atoms with Crippen LogP contribution in [0.1, 0.15) is 23.2 Å². The standard InChI is InChI=1S/C13H14F2N2OS/c14-13(15)19-10-5-3-9(4-6-10)11(18)8-17-7-1-2-12(17)16/h3-6,13,16H,1-2,7-8H2. The van der Waals surface area contributed by atoms with Gasteiger partial charge in [0.1, 0.15) is 0 Å². The summed E-state index contributed by atoms with van der Waals surface area (Å²) < 4.78 is 24.3. The van der Waals surface area contributed by atoms with E-state index in [1.165, 1.54) is 12.1 Å². The van der Waals surface area contributed by atoms with Crippen molar-refractivity contribution in [1.29, 1.82) is 5.41 Å². The molecule has 1 aliphatic heterocycles. The molecule has 0 aromatic heterocycles. The molecule has 0 atom stereocenters. The van der Waals surface area contributed by atoms with E-state index in [9.17, 15) is 13.6 Å². The Bertz CT molecular complexity index is 476. The van der Waals surface area contributed by atoms with Crippen molar-refractivity contribution in [2.24, 2.45) is 0 Å². The van der Waals surface area contributed by atoms with Crippen molar-refractivity contribution < 1.29 is 13.6 Å². The number of alkyl halides is 2. The molecular formula is C13H14F2N2OS. The number of hydrogen-bond donors (Lipinski definition) is 1. The van der Waals surface area contributed by atoms with Crippen LogP contribution < -0.4 is 0 Å². The van der Waals surface area contributed by atoms with E-state index in [0.29, 0.717) is 28.1 Å². The summed E-state index contributed by atoms with van der Waals surface area (Å²) in [4.78, 5) is 14.2. The molecule has 102 valence electrons. The second-order valence-corrected chi connectivity index (χ2v) is 5.36. The maximum Gasteiger partial charge on any atom is 0.288 e. The number of rotatable bonds is 5. The summed E-state index contributed by atoms with van der Waals surface area (Å²) in [5.41, 5.74) is 0.498. The Balaban J connectivity index is 1.97. The van der Waals surface area contributed by atoms with E-state index in [-0.39, 0.29) is 12.3 Å². The van der Waals surface area contributed by atoms with Crippen molar-refractivity contribution in [3.8, 4) is 0 Å². The van der Waals surface area contributed by atoms with Gasteiger partial charge in [-0.25, -0.2) is 0 Å². The zero-order valence-corrected chi connectivity index (χ0v) is 11.1. The van der Waals surface area contributed by atoms with E-state index in [4.69, 9.17) is 5.41 Å². The second kappa shape index (κ2) is 6.14. The van der Waals surface area contributed by atoms with Gasteiger partial charge in [-0.05, 0) is 18.6 Å². The first-order valence-corrected chi connectivity index (χ1v) is 6.84. The van der Waals surface area contributed by atoms with E-state index in [0.717, 1.165) is 19.4 Å². The molecule has 0 unspecified atom stereocenters. The Morgan fingerprint density at radius 1 is 1.37 bits per heavy atom. The lowest BCUT2D eigenvalue weighted by Crippen LogP contribution is -2.30. The Kier molecular flexibility index (Phi) is 4.52. The largest absolute Gasteiger partial charge is 0.353 e. The first kappa shape index (κ1) is 14.0. The zero-order chi connectivity index (χ0) is 13.8. The highest BCUT2D eigenvalue weighted by atomic mass is 32.2. The third kappa shape index (κ3) is 3.76. The number of carbonyl (C=O) groups excluding carboxylic acids is 1. The van der Waals surface area contributed by atoms with Crippen LogP contribution >= 0.6 is 11.8 Å². The molecule has 19 heavy (non-hydrogen) atoms. The molecule has 0 aliphatic carbocycles. The van der Waals surface area contributed by atoms with Crippen molar-refractivity contribution in [2.75, 3.05) is 13.1 Å². The number of benzene rings is 1. The first-order chi connectivity index (χ1) is 9.06. The molecule has 3 nitrogen and oxygen atoms in total. The van der Waals surface area contributed by atoms with Gasteiger partial charge in [-0.15, -0.1) is 0 Å². The highest BCUT2D eigenvalue weighted by Gasteiger charge is 2.20. The number of likely N-dealkylation sites (tertiary alicyclic amines) is 1. The van der Waals surface area contributed by atoms with Gasteiger partial charge in [0.25, 0.3) is 5.76 Å². The van der Waals surface area contributed by atoms with Crippen LogP contribution in [0.25, 0.3) is 0 Å². The maximum atomic E-state index is 12.2. The molecule has 1 aromatic carbocycles. The number of hydrogen-bond acceptors (Lipinski definition) is 3. The number of amidine groups is 1. The molecule has 1 aromatic rings. The minimum absolute atomic E-state index is 0.0831. The predicted molar refractivity (Wildman–Crippen MR) is 71.2 cm³/mol. The van der Waals surface area contributed by atoms with Crippen molar-refractivity contribution in [3.05, 3.63) is 29.8 Å². The van der Waals surface area contributed by atoms with Gasteiger partial charge in [0.2, 0.25) is 0 Å². The molecule has 0 radical (unpaired) electrons. The third-order valence-corrected chi connectivity index (χ3v) is 3.68. The van der Waals surface area contributed by atoms with Crippen molar-refractivity contribution in [1.82, 2.24) is 4.90 Å². The van der Waals surface area contributed by atoms with Crippen LogP contribution in [0.15, 0.2) is 29.2 Å². The van der Waals surface area contributed by atoms with Crippen molar-refractivity contribution in [2.45, 2.75) is 23.5 Å². The van der Waals surface area contributed by atoms with E-state index in [1.807, 2.05) is 0 Å². The quantitative estimate of drug-likeness (QED) is 0.666. The Morgan fingerprint density at radius 2 is 2.05 bits per heavy atom. The summed E-state index contributed by atoms with van der Waals surface area (Å²) >= 11 is 0.463. The fourth-order valence-electron chi connectivity index (χ4n) is 1.99. The number of nitrogens with one attached hydrogen (secondary N) is 1. The van der Waals surface area contributed by atoms with Gasteiger partial charge in [0.15, 0.2) is 5.78 Å². The SMILES string of the molecule is N=C1CCCN1CC(=O)c1ccc(SC(F)F)cc1. The fraction of sp³-hybridized carbons (Fsp3) is 0.385. The average molecular weight is 284 g/mol. The summed E-state index contributed by atoms with van der Waals surface area (Å²) in [6, 6.07) is 6.18. The molecule has 1 heterocycles. The number of thioether (sulfide) groups is 1. The van der Waals surface area contributed by atoms with Crippen LogP contribution in [0.4, 0.5) is 8.78 Å². The minimum Gasteiger partial charge on any atom is -0.353 e. The molecule has 1 saturated heterocycles. The normalized spacial score (nSPS) is 15.3. The van der Waals surface area contributed by atoms with Gasteiger partial charge in [-0.3, -0.25) is 10.2 Å². The molecule has 1 aliphatic rings. The van der Waals surface area contributed by atoms with Gasteiger partial charge in [-0.1, -0.05) is 23.9 Å². The third-order valence-electron chi connectivity index (χ3n) is 2.96. The zero-order valence-electron chi connectivity index (χ0n) is 10.2. The molecular weight excluding hydrogens is 270 g/mol. The Hall–Kier alpha value is -1.43. The van der Waals surface area contributed by atoms with Crippen LogP contribution in [-0.4, -0.2) is 35.4 Å². The lowest BCUT2D eigenvalue weighted by molar-refractivity contribution is 0.0966. The van der Waals surface area contributed by atoms with Crippen molar-refractivity contribution in [3.63, 3.8) is 0 Å². The summed E-state index contributed by atoms with van der Waals surface area (Å²) in [6.07, 6.45) is 1.63. The summed E-state index contributed by atoms with van der Waals surface area (Å²) in [7, 11) is 0. The molecule has 1 fully saturated rings. The molecule has 0 spiro atoms. The van der Waals surface area contributed by atoms with E-state index in [2.05, 4.69) is 0 Å². The monoisotopic (exact) mass is 284 g/mol. The molecule has 2 rings (SSSR count). The number of halogens is 2. The van der Waals surface area contributed by atoms with Gasteiger partial charge < -0.3 is 4.90 Å². The van der Waals surface area contributed by atoms with Crippen LogP contribution in [0, 0.1) is 5.41 Å². The average Bonchev–Trinajstić information content (AvgIpc) is 2.75. The van der Waals surface area contributed by atoms with Gasteiger partial charge in [0, 0.05) is 23.4 Å². The highest BCUT2D eigenvalue weighted by molar-refractivity contribution is 7.99. The Morgan fingerprint density at radius 3 is 2.58 bits per heavy atom. The van der Waals surface area contributed by atoms with Crippen LogP contribution in [-0.2, 0) is 0 Å². The summed E-state index contributed by atoms with van der Waals surface area (Å²) in [5.74, 6) is -2.04. The fourth-order valence-corrected chi connectivity index (χ4v) is 2.49. The lowest BCUT2D eigenvalue weighted by Gasteiger charge is -2.16. The maximum absolute atomic E-state index is 12.2. The molecule has 6 heteroatoms. The van der Waals surface area contributed by atoms with E-state index in [1.54, 1.807) is 17.0 Å². The number of ketones is 1. The molecule has 0 saturated carbocycles. The van der Waals surface area contributed by atoms with Gasteiger partial charge in [0.05, 0.1) is 12.4 Å². The highest BCUT2D eigenvalue weighted by Crippen LogP contribution is 2.25. The molecule has 1 N–H and O–H groups in total. The van der Waals surface area contributed by atoms with E-state index >= 15 is 0 Å². The van der Waals surface area contributed by atoms with Crippen molar-refractivity contribution >= 4 is 23.4 Å². The number of Topliss-reactive ketones (excluding diaryl/α,β-unsaturated/α-hetero) is 1. The van der Waals surface area contributed by atoms with Gasteiger partial charge >= 0.3 is 0 Å². The molecule has 0 amide bonds. The predicted octanol–water partition coefficient (Wildman–Crippen LogP) is 3.26. The van der Waals surface area contributed by atoms with Crippen LogP contribution in [0.3, 0.4) is 0 Å². The summed E-state index contributed by atoms with van der Waals surface area (Å²) in [5, 5.41) is 7.66. The van der Waals surface area contributed by atoms with Crippen LogP contribution in [0.5, 0.6) is 0 Å². The van der Waals surface area contributed by atoms with Gasteiger partial charge in [-0.2, -0.15) is 8.78 Å². The molecule has 0 bridgehead atoms. The second-order valence-electron chi connectivity index (χ2n) is 4.30.